The number of hydrogen-bond acceptors (Lipinski definition) is 1. The van der Waals surface area contributed by atoms with Gasteiger partial charge in [-0.05, 0) is 29.8 Å². The van der Waals surface area contributed by atoms with Crippen LogP contribution in [0.25, 0.3) is 54.7 Å². The summed E-state index contributed by atoms with van der Waals surface area (Å²) in [5.41, 5.74) is 6.55. The Kier molecular flexibility index (Phi) is 3.26. The predicted molar refractivity (Wildman–Crippen MR) is 119 cm³/mol. The van der Waals surface area contributed by atoms with Crippen LogP contribution in [0.5, 0.6) is 0 Å². The average molecular weight is 379 g/mol. The van der Waals surface area contributed by atoms with Crippen molar-refractivity contribution in [3.8, 4) is 11.1 Å². The number of fused-ring (bicyclic) bond motifs is 6. The molecule has 2 heterocycles. The van der Waals surface area contributed by atoms with E-state index in [1.807, 2.05) is 18.2 Å². The Hall–Kier alpha value is -3.36. The summed E-state index contributed by atoms with van der Waals surface area (Å²) in [4.78, 5) is 8.58. The lowest BCUT2D eigenvalue weighted by atomic mass is 9.95. The number of rotatable bonds is 1. The van der Waals surface area contributed by atoms with E-state index in [9.17, 15) is 0 Å². The standard InChI is InChI=1S/C25H15ClN2/c26-16-10-13-22-20(14-16)17-11-12-19-23(15-6-2-1-3-7-15)18-8-4-5-9-21(18)27-25(19)24(17)28-22/h1-14,27H. The van der Waals surface area contributed by atoms with Crippen LogP contribution in [0.15, 0.2) is 84.9 Å². The lowest BCUT2D eigenvalue weighted by Crippen LogP contribution is -1.90. The summed E-state index contributed by atoms with van der Waals surface area (Å²) < 4.78 is 0. The van der Waals surface area contributed by atoms with Gasteiger partial charge in [-0.25, -0.2) is 4.98 Å². The minimum absolute atomic E-state index is 0.731. The highest BCUT2D eigenvalue weighted by Gasteiger charge is 2.15. The number of aromatic amines is 1. The largest absolute Gasteiger partial charge is 0.353 e. The summed E-state index contributed by atoms with van der Waals surface area (Å²) in [6.45, 7) is 0. The molecule has 4 aromatic carbocycles. The van der Waals surface area contributed by atoms with Crippen LogP contribution in [0.1, 0.15) is 0 Å². The number of benzene rings is 4. The lowest BCUT2D eigenvalue weighted by molar-refractivity contribution is 1.48. The zero-order valence-corrected chi connectivity index (χ0v) is 15.7. The molecule has 0 spiro atoms. The van der Waals surface area contributed by atoms with Gasteiger partial charge in [0.2, 0.25) is 0 Å². The van der Waals surface area contributed by atoms with E-state index in [0.717, 1.165) is 37.9 Å². The molecule has 132 valence electrons. The highest BCUT2D eigenvalue weighted by atomic mass is 35.5. The highest BCUT2D eigenvalue weighted by molar-refractivity contribution is 6.32. The summed E-state index contributed by atoms with van der Waals surface area (Å²) >= 11 is 6.24. The van der Waals surface area contributed by atoms with Gasteiger partial charge in [-0.2, -0.15) is 0 Å². The van der Waals surface area contributed by atoms with Gasteiger partial charge in [0.25, 0.3) is 0 Å². The van der Waals surface area contributed by atoms with Crippen molar-refractivity contribution in [1.82, 2.24) is 9.97 Å². The molecule has 6 rings (SSSR count). The van der Waals surface area contributed by atoms with Crippen LogP contribution < -0.4 is 0 Å². The van der Waals surface area contributed by atoms with Crippen molar-refractivity contribution in [2.75, 3.05) is 0 Å². The number of nitrogens with zero attached hydrogens (tertiary/aromatic N) is 1. The molecule has 0 aliphatic carbocycles. The molecular formula is C25H15ClN2. The number of pyridine rings is 1. The minimum Gasteiger partial charge on any atom is -0.353 e. The van der Waals surface area contributed by atoms with Gasteiger partial charge in [-0.15, -0.1) is 0 Å². The Morgan fingerprint density at radius 3 is 2.36 bits per heavy atom. The second-order valence-corrected chi connectivity index (χ2v) is 7.51. The molecule has 0 atom stereocenters. The molecule has 2 aromatic heterocycles. The second-order valence-electron chi connectivity index (χ2n) is 7.07. The average Bonchev–Trinajstić information content (AvgIpc) is 3.11. The van der Waals surface area contributed by atoms with Gasteiger partial charge in [0, 0.05) is 37.6 Å². The Bertz CT molecular complexity index is 1510. The summed E-state index contributed by atoms with van der Waals surface area (Å²) in [6.07, 6.45) is 0. The van der Waals surface area contributed by atoms with Crippen molar-refractivity contribution in [3.05, 3.63) is 90.0 Å². The van der Waals surface area contributed by atoms with Crippen molar-refractivity contribution >= 4 is 55.2 Å². The molecule has 6 aromatic rings. The summed E-state index contributed by atoms with van der Waals surface area (Å²) in [5, 5.41) is 5.32. The van der Waals surface area contributed by atoms with E-state index in [1.54, 1.807) is 0 Å². The van der Waals surface area contributed by atoms with Crippen LogP contribution in [-0.2, 0) is 0 Å². The van der Waals surface area contributed by atoms with Crippen molar-refractivity contribution in [2.45, 2.75) is 0 Å². The maximum atomic E-state index is 6.24. The Labute approximate surface area is 166 Å². The summed E-state index contributed by atoms with van der Waals surface area (Å²) in [7, 11) is 0. The quantitative estimate of drug-likeness (QED) is 0.298. The minimum atomic E-state index is 0.731. The van der Waals surface area contributed by atoms with Crippen LogP contribution >= 0.6 is 11.6 Å². The van der Waals surface area contributed by atoms with E-state index in [0.29, 0.717) is 0 Å². The van der Waals surface area contributed by atoms with Crippen molar-refractivity contribution < 1.29 is 0 Å². The van der Waals surface area contributed by atoms with Gasteiger partial charge in [0.1, 0.15) is 0 Å². The Morgan fingerprint density at radius 2 is 1.46 bits per heavy atom. The van der Waals surface area contributed by atoms with Crippen LogP contribution in [0.4, 0.5) is 0 Å². The molecule has 1 N–H and O–H groups in total. The normalized spacial score (nSPS) is 11.8. The van der Waals surface area contributed by atoms with Gasteiger partial charge >= 0.3 is 0 Å². The van der Waals surface area contributed by atoms with E-state index in [2.05, 4.69) is 71.7 Å². The van der Waals surface area contributed by atoms with Crippen molar-refractivity contribution in [3.63, 3.8) is 0 Å². The first-order valence-corrected chi connectivity index (χ1v) is 9.65. The molecule has 0 saturated carbocycles. The van der Waals surface area contributed by atoms with Gasteiger partial charge in [-0.1, -0.05) is 72.3 Å². The van der Waals surface area contributed by atoms with Gasteiger partial charge in [0.05, 0.1) is 16.6 Å². The van der Waals surface area contributed by atoms with Crippen LogP contribution in [-0.4, -0.2) is 9.97 Å². The van der Waals surface area contributed by atoms with E-state index in [1.165, 1.54) is 21.9 Å². The third kappa shape index (κ3) is 2.19. The fourth-order valence-corrected chi connectivity index (χ4v) is 4.38. The predicted octanol–water partition coefficient (Wildman–Crippen LogP) is 7.34. The molecule has 0 aliphatic heterocycles. The van der Waals surface area contributed by atoms with Crippen LogP contribution in [0.2, 0.25) is 5.02 Å². The first-order valence-electron chi connectivity index (χ1n) is 9.27. The molecular weight excluding hydrogens is 364 g/mol. The van der Waals surface area contributed by atoms with E-state index in [4.69, 9.17) is 16.6 Å². The fraction of sp³-hybridized carbons (Fsp3) is 0. The maximum absolute atomic E-state index is 6.24. The van der Waals surface area contributed by atoms with Gasteiger partial charge in [-0.3, -0.25) is 0 Å². The van der Waals surface area contributed by atoms with E-state index < -0.39 is 0 Å². The molecule has 0 aliphatic rings. The first kappa shape index (κ1) is 15.7. The molecule has 0 unspecified atom stereocenters. The fourth-order valence-electron chi connectivity index (χ4n) is 4.21. The highest BCUT2D eigenvalue weighted by Crippen LogP contribution is 2.39. The van der Waals surface area contributed by atoms with Crippen molar-refractivity contribution in [1.29, 1.82) is 0 Å². The smallest absolute Gasteiger partial charge is 0.0957 e. The zero-order valence-electron chi connectivity index (χ0n) is 14.9. The van der Waals surface area contributed by atoms with Gasteiger partial charge < -0.3 is 4.98 Å². The molecule has 0 fully saturated rings. The molecule has 2 nitrogen and oxygen atoms in total. The summed E-state index contributed by atoms with van der Waals surface area (Å²) in [6, 6.07) is 29.3. The van der Waals surface area contributed by atoms with E-state index >= 15 is 0 Å². The van der Waals surface area contributed by atoms with Crippen molar-refractivity contribution in [2.24, 2.45) is 0 Å². The van der Waals surface area contributed by atoms with Crippen LogP contribution in [0.3, 0.4) is 0 Å². The monoisotopic (exact) mass is 378 g/mol. The van der Waals surface area contributed by atoms with Gasteiger partial charge in [0.15, 0.2) is 0 Å². The number of aromatic nitrogens is 2. The third-order valence-corrected chi connectivity index (χ3v) is 5.68. The Balaban J connectivity index is 1.85. The maximum Gasteiger partial charge on any atom is 0.0957 e. The Morgan fingerprint density at radius 1 is 0.679 bits per heavy atom. The number of para-hydroxylation sites is 1. The zero-order chi connectivity index (χ0) is 18.7. The molecule has 28 heavy (non-hydrogen) atoms. The molecule has 0 radical (unpaired) electrons. The second kappa shape index (κ2) is 5.82. The molecule has 3 heteroatoms. The first-order chi connectivity index (χ1) is 13.8. The lowest BCUT2D eigenvalue weighted by Gasteiger charge is -2.13. The van der Waals surface area contributed by atoms with E-state index in [-0.39, 0.29) is 0 Å². The summed E-state index contributed by atoms with van der Waals surface area (Å²) in [5.74, 6) is 0. The topological polar surface area (TPSA) is 28.7 Å². The molecule has 0 amide bonds. The number of halogens is 1. The molecule has 0 saturated heterocycles. The molecule has 0 bridgehead atoms. The third-order valence-electron chi connectivity index (χ3n) is 5.45. The number of H-pyrrole nitrogens is 1. The SMILES string of the molecule is Clc1ccc2nc3c(ccc4c(-c5ccccc5)c5ccccc5[nH]c43)c2c1. The number of hydrogen-bond donors (Lipinski definition) is 1. The van der Waals surface area contributed by atoms with Crippen LogP contribution in [0, 0.1) is 0 Å². The number of nitrogens with one attached hydrogen (secondary N) is 1.